The van der Waals surface area contributed by atoms with Gasteiger partial charge in [-0.05, 0) is 75.9 Å². The molecule has 2 aliphatic rings. The third-order valence-electron chi connectivity index (χ3n) is 7.74. The zero-order chi connectivity index (χ0) is 28.8. The molecule has 8 nitrogen and oxygen atoms in total. The van der Waals surface area contributed by atoms with Gasteiger partial charge in [-0.25, -0.2) is 9.37 Å². The second-order valence-electron chi connectivity index (χ2n) is 10.7. The third kappa shape index (κ3) is 5.06. The number of oxime groups is 1. The lowest BCUT2D eigenvalue weighted by atomic mass is 9.75. The maximum atomic E-state index is 15.1. The first-order valence-electron chi connectivity index (χ1n) is 13.7. The minimum absolute atomic E-state index is 0.00900. The van der Waals surface area contributed by atoms with Gasteiger partial charge in [0, 0.05) is 35.2 Å². The fourth-order valence-corrected chi connectivity index (χ4v) is 5.85. The van der Waals surface area contributed by atoms with E-state index in [0.29, 0.717) is 44.9 Å². The van der Waals surface area contributed by atoms with Crippen molar-refractivity contribution in [1.29, 1.82) is 0 Å². The highest BCUT2D eigenvalue weighted by Crippen LogP contribution is 2.35. The summed E-state index contributed by atoms with van der Waals surface area (Å²) in [7, 11) is -1.49. The van der Waals surface area contributed by atoms with Crippen molar-refractivity contribution < 1.29 is 18.6 Å². The van der Waals surface area contributed by atoms with E-state index in [9.17, 15) is 9.82 Å². The molecule has 1 unspecified atom stereocenters. The number of rotatable bonds is 5. The molecule has 210 valence electrons. The van der Waals surface area contributed by atoms with E-state index in [1.54, 1.807) is 18.2 Å². The van der Waals surface area contributed by atoms with Crippen molar-refractivity contribution in [3.05, 3.63) is 79.8 Å². The van der Waals surface area contributed by atoms with Crippen LogP contribution in [0.5, 0.6) is 0 Å². The maximum Gasteiger partial charge on any atom is 0.586 e. The Morgan fingerprint density at radius 2 is 1.93 bits per heavy atom. The number of halogens is 2. The van der Waals surface area contributed by atoms with E-state index < -0.39 is 12.9 Å². The Morgan fingerprint density at radius 1 is 1.15 bits per heavy atom. The Hall–Kier alpha value is -3.89. The van der Waals surface area contributed by atoms with E-state index in [-0.39, 0.29) is 22.1 Å². The summed E-state index contributed by atoms with van der Waals surface area (Å²) < 4.78 is 26.4. The summed E-state index contributed by atoms with van der Waals surface area (Å²) in [5.41, 5.74) is 4.74. The van der Waals surface area contributed by atoms with Gasteiger partial charge in [-0.1, -0.05) is 17.7 Å². The van der Waals surface area contributed by atoms with Gasteiger partial charge in [0.25, 0.3) is 0 Å². The van der Waals surface area contributed by atoms with Crippen molar-refractivity contribution in [3.8, 4) is 11.3 Å². The van der Waals surface area contributed by atoms with Crippen LogP contribution in [0, 0.1) is 19.7 Å². The van der Waals surface area contributed by atoms with Crippen LogP contribution in [0.15, 0.2) is 50.8 Å². The van der Waals surface area contributed by atoms with Gasteiger partial charge in [-0.2, -0.15) is 0 Å². The average molecular weight is 575 g/mol. The molecule has 4 heterocycles. The lowest BCUT2D eigenvalue weighted by molar-refractivity contribution is 0.285. The number of aryl methyl sites for hydroxylation is 1. The molecule has 0 bridgehead atoms. The minimum atomic E-state index is -1.49. The van der Waals surface area contributed by atoms with Crippen LogP contribution in [0.25, 0.3) is 22.2 Å². The molecule has 2 aliphatic heterocycles. The SMILES string of the molecule is Cc1cc(C(C)Nc2ccc(Cl)nc2-c2cc(F)c3c(c2)C=NOB3O)c2oc(N3CCCCC3)c(C)c(=O)c2c1. The van der Waals surface area contributed by atoms with E-state index in [1.165, 1.54) is 18.7 Å². The minimum Gasteiger partial charge on any atom is -0.440 e. The van der Waals surface area contributed by atoms with Gasteiger partial charge in [-0.15, -0.1) is 5.16 Å². The second-order valence-corrected chi connectivity index (χ2v) is 11.1. The number of benzene rings is 2. The number of hydrogen-bond acceptors (Lipinski definition) is 8. The first-order chi connectivity index (χ1) is 19.7. The van der Waals surface area contributed by atoms with Crippen molar-refractivity contribution >= 4 is 52.9 Å². The summed E-state index contributed by atoms with van der Waals surface area (Å²) in [6, 6.07) is 9.96. The van der Waals surface area contributed by atoms with Gasteiger partial charge in [0.15, 0.2) is 5.43 Å². The van der Waals surface area contributed by atoms with Crippen LogP contribution in [-0.4, -0.2) is 36.4 Å². The number of aromatic nitrogens is 1. The molecule has 0 saturated carbocycles. The van der Waals surface area contributed by atoms with Crippen LogP contribution < -0.4 is 21.1 Å². The second kappa shape index (κ2) is 10.8. The molecule has 1 saturated heterocycles. The molecule has 0 radical (unpaired) electrons. The third-order valence-corrected chi connectivity index (χ3v) is 7.95. The zero-order valence-electron chi connectivity index (χ0n) is 23.0. The number of fused-ring (bicyclic) bond motifs is 2. The summed E-state index contributed by atoms with van der Waals surface area (Å²) in [4.78, 5) is 20.2. The number of nitrogens with zero attached hydrogens (tertiary/aromatic N) is 3. The molecule has 2 aromatic heterocycles. The van der Waals surface area contributed by atoms with Gasteiger partial charge in [0.1, 0.15) is 16.6 Å². The molecule has 2 aromatic carbocycles. The number of nitrogens with one attached hydrogen (secondary N) is 1. The quantitative estimate of drug-likeness (QED) is 0.241. The number of pyridine rings is 1. The highest BCUT2D eigenvalue weighted by molar-refractivity contribution is 6.62. The molecular weight excluding hydrogens is 546 g/mol. The van der Waals surface area contributed by atoms with Crippen LogP contribution in [0.3, 0.4) is 0 Å². The van der Waals surface area contributed by atoms with Crippen LogP contribution >= 0.6 is 11.6 Å². The molecule has 1 atom stereocenters. The molecule has 2 N–H and O–H groups in total. The lowest BCUT2D eigenvalue weighted by Crippen LogP contribution is -2.40. The summed E-state index contributed by atoms with van der Waals surface area (Å²) in [5.74, 6) is -0.0188. The van der Waals surface area contributed by atoms with Crippen molar-refractivity contribution in [3.63, 3.8) is 0 Å². The van der Waals surface area contributed by atoms with E-state index in [0.717, 1.165) is 37.1 Å². The van der Waals surface area contributed by atoms with Gasteiger partial charge >= 0.3 is 7.12 Å². The normalized spacial score (nSPS) is 15.6. The first-order valence-corrected chi connectivity index (χ1v) is 14.1. The molecule has 11 heteroatoms. The standard InChI is InChI=1S/C30H29BClFN4O4/c1-16-11-21(29-22(12-16)28(38)17(2)30(40-29)37-9-5-4-6-10-37)18(3)35-24-7-8-25(32)36-27(24)19-13-20-15-34-41-31(39)26(20)23(33)14-19/h7-8,11-15,18,35,39H,4-6,9-10H2,1-3H3. The Kier molecular flexibility index (Phi) is 7.21. The monoisotopic (exact) mass is 574 g/mol. The van der Waals surface area contributed by atoms with Crippen LogP contribution in [0.1, 0.15) is 54.5 Å². The maximum absolute atomic E-state index is 15.1. The fourth-order valence-electron chi connectivity index (χ4n) is 5.70. The summed E-state index contributed by atoms with van der Waals surface area (Å²) in [5, 5.41) is 18.0. The highest BCUT2D eigenvalue weighted by atomic mass is 35.5. The van der Waals surface area contributed by atoms with E-state index in [1.807, 2.05) is 32.9 Å². The van der Waals surface area contributed by atoms with Crippen LogP contribution in [-0.2, 0) is 4.76 Å². The Bertz CT molecular complexity index is 1760. The molecular formula is C30H29BClFN4O4. The molecule has 0 aliphatic carbocycles. The smallest absolute Gasteiger partial charge is 0.440 e. The van der Waals surface area contributed by atoms with Gasteiger partial charge in [0.05, 0.1) is 34.6 Å². The van der Waals surface area contributed by atoms with Gasteiger partial charge < -0.3 is 24.4 Å². The van der Waals surface area contributed by atoms with Crippen molar-refractivity contribution in [2.75, 3.05) is 23.3 Å². The average Bonchev–Trinajstić information content (AvgIpc) is 2.96. The summed E-state index contributed by atoms with van der Waals surface area (Å²) in [6.45, 7) is 7.47. The molecule has 6 rings (SSSR count). The first kappa shape index (κ1) is 27.3. The van der Waals surface area contributed by atoms with Crippen molar-refractivity contribution in [1.82, 2.24) is 4.98 Å². The van der Waals surface area contributed by atoms with Crippen molar-refractivity contribution in [2.24, 2.45) is 5.16 Å². The van der Waals surface area contributed by atoms with Gasteiger partial charge in [0.2, 0.25) is 5.88 Å². The van der Waals surface area contributed by atoms with Crippen LogP contribution in [0.2, 0.25) is 5.15 Å². The molecule has 0 spiro atoms. The summed E-state index contributed by atoms with van der Waals surface area (Å²) in [6.07, 6.45) is 4.64. The Morgan fingerprint density at radius 3 is 2.71 bits per heavy atom. The number of anilines is 2. The molecule has 0 amide bonds. The number of piperidine rings is 1. The Balaban J connectivity index is 1.43. The molecule has 4 aromatic rings. The fraction of sp³-hybridized carbons (Fsp3) is 0.300. The molecule has 41 heavy (non-hydrogen) atoms. The van der Waals surface area contributed by atoms with E-state index in [4.69, 9.17) is 20.8 Å². The Labute approximate surface area is 241 Å². The lowest BCUT2D eigenvalue weighted by Gasteiger charge is -2.29. The topological polar surface area (TPSA) is 100 Å². The van der Waals surface area contributed by atoms with Gasteiger partial charge in [-0.3, -0.25) is 4.79 Å². The zero-order valence-corrected chi connectivity index (χ0v) is 23.8. The highest BCUT2D eigenvalue weighted by Gasteiger charge is 2.30. The predicted octanol–water partition coefficient (Wildman–Crippen LogP) is 5.48. The number of hydrogen-bond donors (Lipinski definition) is 2. The van der Waals surface area contributed by atoms with E-state index >= 15 is 4.39 Å². The van der Waals surface area contributed by atoms with E-state index in [2.05, 4.69) is 20.4 Å². The predicted molar refractivity (Wildman–Crippen MR) is 161 cm³/mol. The van der Waals surface area contributed by atoms with Crippen molar-refractivity contribution in [2.45, 2.75) is 46.1 Å². The summed E-state index contributed by atoms with van der Waals surface area (Å²) >= 11 is 6.28. The largest absolute Gasteiger partial charge is 0.586 e. The molecule has 1 fully saturated rings. The van der Waals surface area contributed by atoms with Crippen LogP contribution in [0.4, 0.5) is 16.0 Å².